The van der Waals surface area contributed by atoms with Crippen LogP contribution in [0.4, 0.5) is 11.5 Å². The van der Waals surface area contributed by atoms with Crippen LogP contribution in [-0.4, -0.2) is 40.0 Å². The van der Waals surface area contributed by atoms with E-state index < -0.39 is 4.92 Å². The first-order valence-electron chi connectivity index (χ1n) is 6.75. The molecule has 2 aliphatic heterocycles. The molecule has 0 aliphatic carbocycles. The molecular weight excluding hydrogens is 258 g/mol. The number of rotatable bonds is 3. The molecule has 7 nitrogen and oxygen atoms in total. The predicted octanol–water partition coefficient (Wildman–Crippen LogP) is 1.51. The summed E-state index contributed by atoms with van der Waals surface area (Å²) in [6.07, 6.45) is 3.45. The normalized spacial score (nSPS) is 25.1. The Kier molecular flexibility index (Phi) is 3.24. The molecule has 3 rings (SSSR count). The lowest BCUT2D eigenvalue weighted by Crippen LogP contribution is -2.34. The van der Waals surface area contributed by atoms with Gasteiger partial charge in [-0.3, -0.25) is 15.0 Å². The first-order valence-corrected chi connectivity index (χ1v) is 6.75. The van der Waals surface area contributed by atoms with Gasteiger partial charge in [-0.05, 0) is 31.9 Å². The Labute approximate surface area is 116 Å². The standard InChI is InChI=1S/C13H15N5O2/c14-8-10-12(18(19)20)3-4-13(16-10)15-9-5-7-17-6-1-2-11(9)17/h3-4,9,11H,1-2,5-7H2,(H,15,16). The van der Waals surface area contributed by atoms with Gasteiger partial charge < -0.3 is 5.32 Å². The van der Waals surface area contributed by atoms with Crippen molar-refractivity contribution in [2.45, 2.75) is 31.3 Å². The molecule has 7 heteroatoms. The number of anilines is 1. The van der Waals surface area contributed by atoms with Crippen molar-refractivity contribution in [1.29, 1.82) is 5.26 Å². The summed E-state index contributed by atoms with van der Waals surface area (Å²) in [7, 11) is 0. The fourth-order valence-electron chi connectivity index (χ4n) is 3.20. The maximum atomic E-state index is 10.8. The van der Waals surface area contributed by atoms with Crippen LogP contribution in [0.15, 0.2) is 12.1 Å². The molecule has 0 spiro atoms. The largest absolute Gasteiger partial charge is 0.366 e. The van der Waals surface area contributed by atoms with Gasteiger partial charge in [0.15, 0.2) is 0 Å². The minimum Gasteiger partial charge on any atom is -0.366 e. The van der Waals surface area contributed by atoms with E-state index in [-0.39, 0.29) is 11.4 Å². The SMILES string of the molecule is N#Cc1nc(NC2CCN3CCCC23)ccc1[N+](=O)[O-]. The zero-order chi connectivity index (χ0) is 14.1. The monoisotopic (exact) mass is 273 g/mol. The zero-order valence-corrected chi connectivity index (χ0v) is 11.0. The summed E-state index contributed by atoms with van der Waals surface area (Å²) in [5.74, 6) is 0.547. The molecule has 1 aromatic rings. The number of hydrogen-bond donors (Lipinski definition) is 1. The Hall–Kier alpha value is -2.20. The molecule has 2 aliphatic rings. The van der Waals surface area contributed by atoms with E-state index in [9.17, 15) is 10.1 Å². The van der Waals surface area contributed by atoms with Crippen molar-refractivity contribution in [3.05, 3.63) is 27.9 Å². The van der Waals surface area contributed by atoms with Crippen molar-refractivity contribution in [3.63, 3.8) is 0 Å². The Morgan fingerprint density at radius 3 is 3.05 bits per heavy atom. The van der Waals surface area contributed by atoms with Gasteiger partial charge in [0.05, 0.1) is 4.92 Å². The molecule has 2 unspecified atom stereocenters. The number of pyridine rings is 1. The Balaban J connectivity index is 1.78. The number of nitrogens with one attached hydrogen (secondary N) is 1. The second-order valence-corrected chi connectivity index (χ2v) is 5.22. The van der Waals surface area contributed by atoms with Gasteiger partial charge in [0.2, 0.25) is 5.69 Å². The lowest BCUT2D eigenvalue weighted by molar-refractivity contribution is -0.385. The third-order valence-electron chi connectivity index (χ3n) is 4.12. The average molecular weight is 273 g/mol. The highest BCUT2D eigenvalue weighted by molar-refractivity contribution is 5.50. The van der Waals surface area contributed by atoms with E-state index in [1.165, 1.54) is 18.9 Å². The molecule has 2 atom stereocenters. The van der Waals surface area contributed by atoms with Crippen LogP contribution in [0.5, 0.6) is 0 Å². The molecule has 104 valence electrons. The van der Waals surface area contributed by atoms with Crippen LogP contribution in [0.3, 0.4) is 0 Å². The van der Waals surface area contributed by atoms with Crippen LogP contribution in [0, 0.1) is 21.4 Å². The number of aromatic nitrogens is 1. The minimum atomic E-state index is -0.580. The lowest BCUT2D eigenvalue weighted by Gasteiger charge is -2.21. The zero-order valence-electron chi connectivity index (χ0n) is 11.0. The number of nitriles is 1. The Morgan fingerprint density at radius 1 is 1.45 bits per heavy atom. The van der Waals surface area contributed by atoms with Crippen molar-refractivity contribution in [2.24, 2.45) is 0 Å². The van der Waals surface area contributed by atoms with Gasteiger partial charge in [-0.2, -0.15) is 5.26 Å². The average Bonchev–Trinajstić information content (AvgIpc) is 3.03. The van der Waals surface area contributed by atoms with E-state index >= 15 is 0 Å². The van der Waals surface area contributed by atoms with Gasteiger partial charge in [-0.25, -0.2) is 4.98 Å². The van der Waals surface area contributed by atoms with Crippen molar-refractivity contribution in [1.82, 2.24) is 9.88 Å². The van der Waals surface area contributed by atoms with E-state index in [2.05, 4.69) is 15.2 Å². The fourth-order valence-corrected chi connectivity index (χ4v) is 3.20. The first kappa shape index (κ1) is 12.8. The maximum Gasteiger partial charge on any atom is 0.305 e. The molecule has 0 saturated carbocycles. The van der Waals surface area contributed by atoms with Crippen molar-refractivity contribution < 1.29 is 4.92 Å². The highest BCUT2D eigenvalue weighted by atomic mass is 16.6. The van der Waals surface area contributed by atoms with Crippen molar-refractivity contribution in [2.75, 3.05) is 18.4 Å². The van der Waals surface area contributed by atoms with E-state index in [1.807, 2.05) is 0 Å². The second kappa shape index (κ2) is 5.06. The molecule has 2 saturated heterocycles. The molecule has 0 radical (unpaired) electrons. The van der Waals surface area contributed by atoms with Gasteiger partial charge in [0.1, 0.15) is 11.9 Å². The van der Waals surface area contributed by atoms with Crippen LogP contribution in [0.1, 0.15) is 25.0 Å². The smallest absolute Gasteiger partial charge is 0.305 e. The summed E-state index contributed by atoms with van der Waals surface area (Å²) in [5.41, 5.74) is -0.381. The third-order valence-corrected chi connectivity index (χ3v) is 4.12. The molecular formula is C13H15N5O2. The fraction of sp³-hybridized carbons (Fsp3) is 0.538. The topological polar surface area (TPSA) is 95.1 Å². The van der Waals surface area contributed by atoms with Crippen molar-refractivity contribution in [3.8, 4) is 6.07 Å². The van der Waals surface area contributed by atoms with Crippen LogP contribution in [0.2, 0.25) is 0 Å². The summed E-state index contributed by atoms with van der Waals surface area (Å²) >= 11 is 0. The predicted molar refractivity (Wildman–Crippen MR) is 72.2 cm³/mol. The van der Waals surface area contributed by atoms with E-state index in [1.54, 1.807) is 12.1 Å². The van der Waals surface area contributed by atoms with Crippen LogP contribution in [0.25, 0.3) is 0 Å². The van der Waals surface area contributed by atoms with Gasteiger partial charge in [-0.1, -0.05) is 0 Å². The number of fused-ring (bicyclic) bond motifs is 1. The van der Waals surface area contributed by atoms with Gasteiger partial charge in [0, 0.05) is 24.7 Å². The summed E-state index contributed by atoms with van der Waals surface area (Å²) in [5, 5.41) is 23.1. The molecule has 20 heavy (non-hydrogen) atoms. The van der Waals surface area contributed by atoms with Crippen LogP contribution >= 0.6 is 0 Å². The Bertz CT molecular complexity index is 583. The van der Waals surface area contributed by atoms with Crippen molar-refractivity contribution >= 4 is 11.5 Å². The molecule has 1 aromatic heterocycles. The lowest BCUT2D eigenvalue weighted by atomic mass is 10.1. The number of nitrogens with zero attached hydrogens (tertiary/aromatic N) is 4. The summed E-state index contributed by atoms with van der Waals surface area (Å²) < 4.78 is 0. The third kappa shape index (κ3) is 2.18. The van der Waals surface area contributed by atoms with E-state index in [0.717, 1.165) is 19.5 Å². The van der Waals surface area contributed by atoms with Gasteiger partial charge >= 0.3 is 5.69 Å². The molecule has 0 amide bonds. The van der Waals surface area contributed by atoms with Gasteiger partial charge in [0.25, 0.3) is 0 Å². The maximum absolute atomic E-state index is 10.8. The number of nitro groups is 1. The highest BCUT2D eigenvalue weighted by Crippen LogP contribution is 2.30. The second-order valence-electron chi connectivity index (χ2n) is 5.22. The van der Waals surface area contributed by atoms with Gasteiger partial charge in [-0.15, -0.1) is 0 Å². The Morgan fingerprint density at radius 2 is 2.30 bits per heavy atom. The summed E-state index contributed by atoms with van der Waals surface area (Å²) in [4.78, 5) is 16.7. The van der Waals surface area contributed by atoms with E-state index in [4.69, 9.17) is 5.26 Å². The molecule has 0 aromatic carbocycles. The number of hydrogen-bond acceptors (Lipinski definition) is 6. The molecule has 0 bridgehead atoms. The minimum absolute atomic E-state index is 0.138. The molecule has 2 fully saturated rings. The summed E-state index contributed by atoms with van der Waals surface area (Å²) in [6.45, 7) is 2.24. The molecule has 3 heterocycles. The van der Waals surface area contributed by atoms with Crippen LogP contribution < -0.4 is 5.32 Å². The highest BCUT2D eigenvalue weighted by Gasteiger charge is 2.37. The molecule has 1 N–H and O–H groups in total. The summed E-state index contributed by atoms with van der Waals surface area (Å²) in [6, 6.07) is 5.55. The first-order chi connectivity index (χ1) is 9.69. The van der Waals surface area contributed by atoms with Crippen LogP contribution in [-0.2, 0) is 0 Å². The van der Waals surface area contributed by atoms with E-state index in [0.29, 0.717) is 17.9 Å². The quantitative estimate of drug-likeness (QED) is 0.662.